The molecule has 4 N–H and O–H groups in total. The molecule has 4 heteroatoms. The summed E-state index contributed by atoms with van der Waals surface area (Å²) in [6, 6.07) is 7.05. The molecular weight excluding hydrogens is 202 g/mol. The van der Waals surface area contributed by atoms with Gasteiger partial charge in [0.2, 0.25) is 0 Å². The molecule has 4 nitrogen and oxygen atoms in total. The zero-order chi connectivity index (χ0) is 12.1. The SMILES string of the molecule is CC(C)C(CO)Nc1cc(C#N)ccc1N. The van der Waals surface area contributed by atoms with Gasteiger partial charge < -0.3 is 16.2 Å². The molecule has 0 aliphatic rings. The highest BCUT2D eigenvalue weighted by Gasteiger charge is 2.13. The van der Waals surface area contributed by atoms with Gasteiger partial charge in [0.1, 0.15) is 0 Å². The number of hydrogen-bond acceptors (Lipinski definition) is 4. The maximum Gasteiger partial charge on any atom is 0.0992 e. The van der Waals surface area contributed by atoms with Gasteiger partial charge >= 0.3 is 0 Å². The maximum atomic E-state index is 9.21. The van der Waals surface area contributed by atoms with Crippen LogP contribution in [0.2, 0.25) is 0 Å². The number of nitriles is 1. The molecule has 0 spiro atoms. The lowest BCUT2D eigenvalue weighted by atomic mass is 10.0. The van der Waals surface area contributed by atoms with Crippen LogP contribution in [0.5, 0.6) is 0 Å². The van der Waals surface area contributed by atoms with Crippen molar-refractivity contribution in [3.8, 4) is 6.07 Å². The van der Waals surface area contributed by atoms with Crippen LogP contribution in [-0.4, -0.2) is 17.8 Å². The molecule has 0 fully saturated rings. The molecule has 1 rings (SSSR count). The first-order valence-electron chi connectivity index (χ1n) is 5.25. The number of aliphatic hydroxyl groups excluding tert-OH is 1. The molecule has 16 heavy (non-hydrogen) atoms. The molecule has 1 aromatic carbocycles. The number of aliphatic hydroxyl groups is 1. The van der Waals surface area contributed by atoms with Gasteiger partial charge in [-0.3, -0.25) is 0 Å². The van der Waals surface area contributed by atoms with E-state index in [1.165, 1.54) is 0 Å². The summed E-state index contributed by atoms with van der Waals surface area (Å²) in [5.74, 6) is 0.287. The van der Waals surface area contributed by atoms with Gasteiger partial charge in [-0.1, -0.05) is 13.8 Å². The number of nitrogen functional groups attached to an aromatic ring is 1. The van der Waals surface area contributed by atoms with Crippen LogP contribution in [0.25, 0.3) is 0 Å². The summed E-state index contributed by atoms with van der Waals surface area (Å²) in [6.45, 7) is 4.06. The number of anilines is 2. The molecule has 0 aromatic heterocycles. The maximum absolute atomic E-state index is 9.21. The average Bonchev–Trinajstić information content (AvgIpc) is 2.27. The topological polar surface area (TPSA) is 82.1 Å². The van der Waals surface area contributed by atoms with Crippen LogP contribution in [0.1, 0.15) is 19.4 Å². The molecule has 0 saturated carbocycles. The first kappa shape index (κ1) is 12.3. The summed E-state index contributed by atoms with van der Waals surface area (Å²) in [7, 11) is 0. The predicted molar refractivity (Wildman–Crippen MR) is 64.9 cm³/mol. The number of nitrogens with zero attached hydrogens (tertiary/aromatic N) is 1. The Bertz CT molecular complexity index is 396. The van der Waals surface area contributed by atoms with E-state index in [1.54, 1.807) is 18.2 Å². The van der Waals surface area contributed by atoms with Gasteiger partial charge in [-0.05, 0) is 24.1 Å². The van der Waals surface area contributed by atoms with E-state index in [-0.39, 0.29) is 18.6 Å². The fourth-order valence-corrected chi connectivity index (χ4v) is 1.37. The van der Waals surface area contributed by atoms with Gasteiger partial charge in [0, 0.05) is 0 Å². The third-order valence-corrected chi connectivity index (χ3v) is 2.52. The van der Waals surface area contributed by atoms with Crippen molar-refractivity contribution >= 4 is 11.4 Å². The van der Waals surface area contributed by atoms with Crippen LogP contribution < -0.4 is 11.1 Å². The fourth-order valence-electron chi connectivity index (χ4n) is 1.37. The fraction of sp³-hybridized carbons (Fsp3) is 0.417. The van der Waals surface area contributed by atoms with Crippen molar-refractivity contribution < 1.29 is 5.11 Å². The highest BCUT2D eigenvalue weighted by atomic mass is 16.3. The first-order chi connectivity index (χ1) is 7.58. The molecule has 1 unspecified atom stereocenters. The number of nitrogens with two attached hydrogens (primary N) is 1. The van der Waals surface area contributed by atoms with E-state index in [9.17, 15) is 5.11 Å². The molecule has 0 bridgehead atoms. The lowest BCUT2D eigenvalue weighted by molar-refractivity contribution is 0.249. The van der Waals surface area contributed by atoms with E-state index in [0.717, 1.165) is 0 Å². The van der Waals surface area contributed by atoms with E-state index in [1.807, 2.05) is 13.8 Å². The first-order valence-corrected chi connectivity index (χ1v) is 5.25. The number of nitrogens with one attached hydrogen (secondary N) is 1. The average molecular weight is 219 g/mol. The number of rotatable bonds is 4. The van der Waals surface area contributed by atoms with Gasteiger partial charge in [0.15, 0.2) is 0 Å². The molecule has 0 saturated heterocycles. The smallest absolute Gasteiger partial charge is 0.0992 e. The Labute approximate surface area is 95.7 Å². The van der Waals surface area contributed by atoms with Gasteiger partial charge in [-0.15, -0.1) is 0 Å². The second kappa shape index (κ2) is 5.38. The number of hydrogen-bond donors (Lipinski definition) is 3. The van der Waals surface area contributed by atoms with Crippen molar-refractivity contribution in [3.05, 3.63) is 23.8 Å². The molecule has 0 aliphatic heterocycles. The zero-order valence-corrected chi connectivity index (χ0v) is 9.57. The Kier molecular flexibility index (Phi) is 4.15. The monoisotopic (exact) mass is 219 g/mol. The minimum atomic E-state index is -0.0590. The zero-order valence-electron chi connectivity index (χ0n) is 9.57. The molecule has 0 aliphatic carbocycles. The van der Waals surface area contributed by atoms with Crippen molar-refractivity contribution in [2.45, 2.75) is 19.9 Å². The Morgan fingerprint density at radius 3 is 2.69 bits per heavy atom. The summed E-state index contributed by atoms with van der Waals surface area (Å²) in [5.41, 5.74) is 7.63. The molecular formula is C12H17N3O. The third kappa shape index (κ3) is 2.88. The molecule has 0 heterocycles. The van der Waals surface area contributed by atoms with Crippen molar-refractivity contribution in [2.24, 2.45) is 5.92 Å². The van der Waals surface area contributed by atoms with Gasteiger partial charge in [-0.25, -0.2) is 0 Å². The Hall–Kier alpha value is -1.73. The van der Waals surface area contributed by atoms with Crippen molar-refractivity contribution in [1.29, 1.82) is 5.26 Å². The second-order valence-electron chi connectivity index (χ2n) is 4.09. The normalized spacial score (nSPS) is 12.2. The minimum absolute atomic E-state index is 0.0356. The molecule has 86 valence electrons. The predicted octanol–water partition coefficient (Wildman–Crippen LogP) is 1.57. The van der Waals surface area contributed by atoms with E-state index >= 15 is 0 Å². The standard InChI is InChI=1S/C12H17N3O/c1-8(2)12(7-16)15-11-5-9(6-13)3-4-10(11)14/h3-5,8,12,15-16H,7,14H2,1-2H3. The number of benzene rings is 1. The lowest BCUT2D eigenvalue weighted by Crippen LogP contribution is -2.29. The Morgan fingerprint density at radius 2 is 2.19 bits per heavy atom. The van der Waals surface area contributed by atoms with Crippen LogP contribution in [0.3, 0.4) is 0 Å². The molecule has 0 amide bonds. The molecule has 0 radical (unpaired) electrons. The van der Waals surface area contributed by atoms with Crippen LogP contribution in [0.4, 0.5) is 11.4 Å². The van der Waals surface area contributed by atoms with Gasteiger partial charge in [0.05, 0.1) is 35.7 Å². The van der Waals surface area contributed by atoms with Gasteiger partial charge in [-0.2, -0.15) is 5.26 Å². The van der Waals surface area contributed by atoms with Crippen LogP contribution in [0, 0.1) is 17.2 Å². The van der Waals surface area contributed by atoms with Crippen molar-refractivity contribution in [3.63, 3.8) is 0 Å². The van der Waals surface area contributed by atoms with Crippen LogP contribution in [-0.2, 0) is 0 Å². The molecule has 1 aromatic rings. The Morgan fingerprint density at radius 1 is 1.50 bits per heavy atom. The van der Waals surface area contributed by atoms with E-state index in [2.05, 4.69) is 11.4 Å². The van der Waals surface area contributed by atoms with Crippen molar-refractivity contribution in [2.75, 3.05) is 17.7 Å². The largest absolute Gasteiger partial charge is 0.397 e. The quantitative estimate of drug-likeness (QED) is 0.671. The van der Waals surface area contributed by atoms with Crippen LogP contribution in [0.15, 0.2) is 18.2 Å². The van der Waals surface area contributed by atoms with Crippen LogP contribution >= 0.6 is 0 Å². The summed E-state index contributed by atoms with van der Waals surface area (Å²) in [6.07, 6.45) is 0. The summed E-state index contributed by atoms with van der Waals surface area (Å²) < 4.78 is 0. The minimum Gasteiger partial charge on any atom is -0.397 e. The summed E-state index contributed by atoms with van der Waals surface area (Å²) in [4.78, 5) is 0. The highest BCUT2D eigenvalue weighted by Crippen LogP contribution is 2.22. The van der Waals surface area contributed by atoms with E-state index < -0.39 is 0 Å². The highest BCUT2D eigenvalue weighted by molar-refractivity contribution is 5.68. The van der Waals surface area contributed by atoms with Gasteiger partial charge in [0.25, 0.3) is 0 Å². The third-order valence-electron chi connectivity index (χ3n) is 2.52. The summed E-state index contributed by atoms with van der Waals surface area (Å²) in [5, 5.41) is 21.1. The Balaban J connectivity index is 2.91. The second-order valence-corrected chi connectivity index (χ2v) is 4.09. The van der Waals surface area contributed by atoms with E-state index in [0.29, 0.717) is 16.9 Å². The van der Waals surface area contributed by atoms with E-state index in [4.69, 9.17) is 11.0 Å². The van der Waals surface area contributed by atoms with Crippen molar-refractivity contribution in [1.82, 2.24) is 0 Å². The molecule has 1 atom stereocenters. The summed E-state index contributed by atoms with van der Waals surface area (Å²) >= 11 is 0. The lowest BCUT2D eigenvalue weighted by Gasteiger charge is -2.22.